The number of nitrogens with zero attached hydrogens (tertiary/aromatic N) is 2. The van der Waals surface area contributed by atoms with E-state index in [1.54, 1.807) is 12.1 Å². The molecule has 2 fully saturated rings. The Balaban J connectivity index is 1.31. The number of imide groups is 1. The number of rotatable bonds is 6. The van der Waals surface area contributed by atoms with E-state index in [2.05, 4.69) is 10.2 Å². The van der Waals surface area contributed by atoms with E-state index in [0.29, 0.717) is 12.8 Å². The van der Waals surface area contributed by atoms with Crippen LogP contribution in [-0.2, 0) is 11.3 Å². The molecule has 2 saturated heterocycles. The van der Waals surface area contributed by atoms with Crippen LogP contribution >= 0.6 is 0 Å². The Morgan fingerprint density at radius 3 is 2.37 bits per heavy atom. The molecule has 2 aromatic carbocycles. The zero-order chi connectivity index (χ0) is 21.1. The molecule has 3 N–H and O–H groups in total. The Bertz CT molecular complexity index is 895. The molecule has 2 aromatic rings. The van der Waals surface area contributed by atoms with E-state index in [4.69, 9.17) is 5.73 Å². The molecule has 158 valence electrons. The van der Waals surface area contributed by atoms with Gasteiger partial charge in [-0.3, -0.25) is 9.69 Å². The average molecular weight is 410 g/mol. The van der Waals surface area contributed by atoms with Gasteiger partial charge in [0.2, 0.25) is 0 Å². The third kappa shape index (κ3) is 4.22. The van der Waals surface area contributed by atoms with Gasteiger partial charge in [-0.05, 0) is 49.1 Å². The van der Waals surface area contributed by atoms with Crippen molar-refractivity contribution in [1.29, 1.82) is 0 Å². The fraction of sp³-hybridized carbons (Fsp3) is 0.391. The van der Waals surface area contributed by atoms with Crippen molar-refractivity contribution in [2.24, 2.45) is 5.73 Å². The van der Waals surface area contributed by atoms with Crippen LogP contribution in [0.2, 0.25) is 0 Å². The first kappa shape index (κ1) is 20.5. The monoisotopic (exact) mass is 410 g/mol. The molecule has 1 spiro atoms. The molecule has 0 radical (unpaired) electrons. The summed E-state index contributed by atoms with van der Waals surface area (Å²) in [7, 11) is 0. The third-order valence-electron chi connectivity index (χ3n) is 6.19. The van der Waals surface area contributed by atoms with Crippen LogP contribution in [0, 0.1) is 5.82 Å². The lowest BCUT2D eigenvalue weighted by Crippen LogP contribution is -2.55. The largest absolute Gasteiger partial charge is 0.325 e. The number of nitrogens with two attached hydrogens (primary N) is 1. The number of hydrogen-bond acceptors (Lipinski definition) is 4. The number of hydrogen-bond donors (Lipinski definition) is 2. The molecule has 2 aliphatic heterocycles. The van der Waals surface area contributed by atoms with Gasteiger partial charge < -0.3 is 16.0 Å². The predicted molar refractivity (Wildman–Crippen MR) is 112 cm³/mol. The number of carbonyl (C=O) groups excluding carboxylic acids is 2. The molecule has 6 nitrogen and oxygen atoms in total. The minimum Gasteiger partial charge on any atom is -0.324 e. The van der Waals surface area contributed by atoms with Gasteiger partial charge in [-0.15, -0.1) is 0 Å². The third-order valence-corrected chi connectivity index (χ3v) is 6.19. The van der Waals surface area contributed by atoms with Crippen molar-refractivity contribution in [2.45, 2.75) is 37.4 Å². The maximum absolute atomic E-state index is 13.1. The topological polar surface area (TPSA) is 78.7 Å². The molecule has 7 heteroatoms. The number of piperidine rings is 1. The van der Waals surface area contributed by atoms with Gasteiger partial charge in [-0.1, -0.05) is 42.5 Å². The highest BCUT2D eigenvalue weighted by atomic mass is 19.1. The second-order valence-electron chi connectivity index (χ2n) is 8.18. The van der Waals surface area contributed by atoms with Gasteiger partial charge in [0, 0.05) is 19.1 Å². The molecule has 3 amide bonds. The van der Waals surface area contributed by atoms with Crippen LogP contribution in [0.3, 0.4) is 0 Å². The summed E-state index contributed by atoms with van der Waals surface area (Å²) in [6, 6.07) is 15.5. The number of nitrogens with one attached hydrogen (secondary N) is 1. The first-order valence-electron chi connectivity index (χ1n) is 10.4. The lowest BCUT2D eigenvalue weighted by Gasteiger charge is -2.37. The Labute approximate surface area is 175 Å². The number of benzene rings is 2. The average Bonchev–Trinajstić information content (AvgIpc) is 2.99. The normalized spacial score (nSPS) is 19.9. The summed E-state index contributed by atoms with van der Waals surface area (Å²) in [5.74, 6) is -0.524. The molecule has 4 rings (SSSR count). The van der Waals surface area contributed by atoms with E-state index < -0.39 is 5.54 Å². The van der Waals surface area contributed by atoms with Crippen molar-refractivity contribution in [2.75, 3.05) is 19.6 Å². The van der Waals surface area contributed by atoms with Crippen molar-refractivity contribution < 1.29 is 14.0 Å². The minimum atomic E-state index is -0.824. The fourth-order valence-electron chi connectivity index (χ4n) is 4.28. The molecule has 2 heterocycles. The van der Waals surface area contributed by atoms with E-state index in [-0.39, 0.29) is 30.3 Å². The highest BCUT2D eigenvalue weighted by Gasteiger charge is 2.52. The summed E-state index contributed by atoms with van der Waals surface area (Å²) >= 11 is 0. The molecular weight excluding hydrogens is 383 g/mol. The molecule has 0 bridgehead atoms. The predicted octanol–water partition coefficient (Wildman–Crippen LogP) is 2.80. The molecule has 0 aliphatic carbocycles. The van der Waals surface area contributed by atoms with Crippen LogP contribution in [0.4, 0.5) is 9.18 Å². The molecule has 30 heavy (non-hydrogen) atoms. The summed E-state index contributed by atoms with van der Waals surface area (Å²) in [6.07, 6.45) is 2.00. The van der Waals surface area contributed by atoms with Crippen molar-refractivity contribution in [1.82, 2.24) is 15.1 Å². The zero-order valence-electron chi connectivity index (χ0n) is 16.9. The van der Waals surface area contributed by atoms with Gasteiger partial charge in [-0.2, -0.15) is 0 Å². The first-order chi connectivity index (χ1) is 14.5. The second-order valence-corrected chi connectivity index (χ2v) is 8.18. The zero-order valence-corrected chi connectivity index (χ0v) is 16.9. The number of amides is 3. The van der Waals surface area contributed by atoms with E-state index >= 15 is 0 Å². The molecular formula is C23H27FN4O2. The standard InChI is InChI=1S/C23H27FN4O2/c24-19-8-6-17(7-9-19)16-28-21(29)23(26-22(28)30)11-14-27(15-12-23)13-10-20(25)18-4-2-1-3-5-18/h1-9,20H,10-16,25H2,(H,26,30)/t20-/m0/s1. The van der Waals surface area contributed by atoms with E-state index in [1.807, 2.05) is 30.3 Å². The van der Waals surface area contributed by atoms with Crippen molar-refractivity contribution in [3.63, 3.8) is 0 Å². The molecule has 1 atom stereocenters. The molecule has 2 aliphatic rings. The van der Waals surface area contributed by atoms with Crippen LogP contribution in [0.1, 0.15) is 36.4 Å². The van der Waals surface area contributed by atoms with Crippen LogP contribution in [0.5, 0.6) is 0 Å². The Kier molecular flexibility index (Phi) is 5.83. The van der Waals surface area contributed by atoms with Crippen LogP contribution in [0.15, 0.2) is 54.6 Å². The fourth-order valence-corrected chi connectivity index (χ4v) is 4.28. The molecule has 0 aromatic heterocycles. The SMILES string of the molecule is N[C@@H](CCN1CCC2(CC1)NC(=O)N(Cc1ccc(F)cc1)C2=O)c1ccccc1. The van der Waals surface area contributed by atoms with Gasteiger partial charge in [-0.25, -0.2) is 9.18 Å². The first-order valence-corrected chi connectivity index (χ1v) is 10.4. The highest BCUT2D eigenvalue weighted by molar-refractivity contribution is 6.07. The Morgan fingerprint density at radius 1 is 1.03 bits per heavy atom. The maximum Gasteiger partial charge on any atom is 0.325 e. The quantitative estimate of drug-likeness (QED) is 0.718. The molecule has 0 unspecified atom stereocenters. The summed E-state index contributed by atoms with van der Waals surface area (Å²) in [6.45, 7) is 2.48. The van der Waals surface area contributed by atoms with E-state index in [1.165, 1.54) is 17.0 Å². The number of halogens is 1. The Morgan fingerprint density at radius 2 is 1.70 bits per heavy atom. The molecule has 0 saturated carbocycles. The van der Waals surface area contributed by atoms with Crippen LogP contribution < -0.4 is 11.1 Å². The van der Waals surface area contributed by atoms with Gasteiger partial charge >= 0.3 is 6.03 Å². The lowest BCUT2D eigenvalue weighted by atomic mass is 9.87. The summed E-state index contributed by atoms with van der Waals surface area (Å²) < 4.78 is 13.1. The van der Waals surface area contributed by atoms with Crippen molar-refractivity contribution in [3.05, 3.63) is 71.5 Å². The van der Waals surface area contributed by atoms with Gasteiger partial charge in [0.1, 0.15) is 11.4 Å². The van der Waals surface area contributed by atoms with Crippen LogP contribution in [0.25, 0.3) is 0 Å². The van der Waals surface area contributed by atoms with Crippen molar-refractivity contribution >= 4 is 11.9 Å². The van der Waals surface area contributed by atoms with Crippen LogP contribution in [-0.4, -0.2) is 46.9 Å². The van der Waals surface area contributed by atoms with Crippen molar-refractivity contribution in [3.8, 4) is 0 Å². The second kappa shape index (κ2) is 8.53. The summed E-state index contributed by atoms with van der Waals surface area (Å²) in [4.78, 5) is 29.1. The number of urea groups is 1. The lowest BCUT2D eigenvalue weighted by molar-refractivity contribution is -0.133. The number of carbonyl (C=O) groups is 2. The number of likely N-dealkylation sites (tertiary alicyclic amines) is 1. The van der Waals surface area contributed by atoms with E-state index in [9.17, 15) is 14.0 Å². The Hall–Kier alpha value is -2.77. The van der Waals surface area contributed by atoms with E-state index in [0.717, 1.165) is 37.2 Å². The van der Waals surface area contributed by atoms with Gasteiger partial charge in [0.05, 0.1) is 6.54 Å². The minimum absolute atomic E-state index is 0.0129. The summed E-state index contributed by atoms with van der Waals surface area (Å²) in [5.41, 5.74) is 7.33. The van der Waals surface area contributed by atoms with Gasteiger partial charge in [0.25, 0.3) is 5.91 Å². The summed E-state index contributed by atoms with van der Waals surface area (Å²) in [5, 5.41) is 2.92. The van der Waals surface area contributed by atoms with Gasteiger partial charge in [0.15, 0.2) is 0 Å². The maximum atomic E-state index is 13.1. The smallest absolute Gasteiger partial charge is 0.324 e. The highest BCUT2D eigenvalue weighted by Crippen LogP contribution is 2.31.